The summed E-state index contributed by atoms with van der Waals surface area (Å²) < 4.78 is 7.22. The number of methoxy groups -OCH3 is 1. The van der Waals surface area contributed by atoms with Crippen LogP contribution in [0.1, 0.15) is 19.0 Å². The summed E-state index contributed by atoms with van der Waals surface area (Å²) in [6.07, 6.45) is 3.10. The Kier molecular flexibility index (Phi) is 6.75. The number of aryl methyl sites for hydroxylation is 1. The molecule has 0 aromatic carbocycles. The van der Waals surface area contributed by atoms with E-state index in [1.807, 2.05) is 6.92 Å². The molecule has 1 aromatic heterocycles. The molecule has 5 nitrogen and oxygen atoms in total. The summed E-state index contributed by atoms with van der Waals surface area (Å²) in [5.41, 5.74) is 1.06. The number of hydrogen-bond acceptors (Lipinski definition) is 4. The molecule has 1 rings (SSSR count). The molecule has 0 fully saturated rings. The summed E-state index contributed by atoms with van der Waals surface area (Å²) >= 11 is 0. The van der Waals surface area contributed by atoms with Crippen LogP contribution in [0.4, 0.5) is 5.95 Å². The minimum atomic E-state index is 0.783. The smallest absolute Gasteiger partial charge is 0.203 e. The number of nitrogens with one attached hydrogen (secondary N) is 1. The maximum atomic E-state index is 5.03. The Morgan fingerprint density at radius 2 is 2.28 bits per heavy atom. The first-order chi connectivity index (χ1) is 8.67. The summed E-state index contributed by atoms with van der Waals surface area (Å²) in [5, 5.41) is 3.36. The summed E-state index contributed by atoms with van der Waals surface area (Å²) in [6, 6.07) is 0. The summed E-state index contributed by atoms with van der Waals surface area (Å²) in [4.78, 5) is 6.80. The number of likely N-dealkylation sites (N-methyl/N-ethyl adjacent to an activating group) is 1. The molecule has 0 aliphatic carbocycles. The zero-order valence-electron chi connectivity index (χ0n) is 12.1. The van der Waals surface area contributed by atoms with Crippen molar-refractivity contribution in [1.29, 1.82) is 0 Å². The summed E-state index contributed by atoms with van der Waals surface area (Å²) in [5.74, 6) is 0.966. The monoisotopic (exact) mass is 254 g/mol. The van der Waals surface area contributed by atoms with Crippen LogP contribution < -0.4 is 5.32 Å². The van der Waals surface area contributed by atoms with Gasteiger partial charge in [0.05, 0.1) is 5.69 Å². The zero-order valence-corrected chi connectivity index (χ0v) is 12.1. The lowest BCUT2D eigenvalue weighted by atomic mass is 10.4. The minimum absolute atomic E-state index is 0.783. The van der Waals surface area contributed by atoms with Gasteiger partial charge in [0.1, 0.15) is 0 Å². The molecular formula is C13H26N4O. The van der Waals surface area contributed by atoms with E-state index in [0.29, 0.717) is 0 Å². The van der Waals surface area contributed by atoms with E-state index >= 15 is 0 Å². The first-order valence-corrected chi connectivity index (χ1v) is 6.62. The molecule has 0 unspecified atom stereocenters. The van der Waals surface area contributed by atoms with Crippen molar-refractivity contribution in [3.8, 4) is 0 Å². The molecule has 18 heavy (non-hydrogen) atoms. The second kappa shape index (κ2) is 8.11. The number of hydrogen-bond donors (Lipinski definition) is 1. The van der Waals surface area contributed by atoms with Gasteiger partial charge in [-0.2, -0.15) is 0 Å². The maximum Gasteiger partial charge on any atom is 0.203 e. The molecule has 0 saturated heterocycles. The fraction of sp³-hybridized carbons (Fsp3) is 0.769. The van der Waals surface area contributed by atoms with Crippen LogP contribution in [0.3, 0.4) is 0 Å². The van der Waals surface area contributed by atoms with Crippen LogP contribution in [-0.4, -0.2) is 54.8 Å². The second-order valence-electron chi connectivity index (χ2n) is 4.57. The molecule has 5 heteroatoms. The Labute approximate surface area is 110 Å². The van der Waals surface area contributed by atoms with Gasteiger partial charge in [0.15, 0.2) is 0 Å². The van der Waals surface area contributed by atoms with Crippen molar-refractivity contribution >= 4 is 5.95 Å². The molecule has 1 heterocycles. The number of aromatic nitrogens is 2. The van der Waals surface area contributed by atoms with E-state index in [1.165, 1.54) is 0 Å². The van der Waals surface area contributed by atoms with Crippen molar-refractivity contribution in [2.75, 3.05) is 45.7 Å². The van der Waals surface area contributed by atoms with Crippen molar-refractivity contribution in [3.63, 3.8) is 0 Å². The molecular weight excluding hydrogens is 228 g/mol. The third kappa shape index (κ3) is 5.06. The zero-order chi connectivity index (χ0) is 13.4. The average Bonchev–Trinajstić information content (AvgIpc) is 2.72. The maximum absolute atomic E-state index is 5.03. The highest BCUT2D eigenvalue weighted by Gasteiger charge is 2.05. The van der Waals surface area contributed by atoms with E-state index in [0.717, 1.165) is 50.8 Å². The normalized spacial score (nSPS) is 11.2. The summed E-state index contributed by atoms with van der Waals surface area (Å²) in [6.45, 7) is 8.96. The van der Waals surface area contributed by atoms with Crippen LogP contribution in [-0.2, 0) is 11.3 Å². The van der Waals surface area contributed by atoms with Gasteiger partial charge in [0.25, 0.3) is 0 Å². The van der Waals surface area contributed by atoms with E-state index in [9.17, 15) is 0 Å². The first-order valence-electron chi connectivity index (χ1n) is 6.62. The highest BCUT2D eigenvalue weighted by molar-refractivity contribution is 5.28. The third-order valence-corrected chi connectivity index (χ3v) is 2.97. The molecule has 1 N–H and O–H groups in total. The topological polar surface area (TPSA) is 42.3 Å². The van der Waals surface area contributed by atoms with Crippen molar-refractivity contribution in [2.45, 2.75) is 26.8 Å². The molecule has 0 atom stereocenters. The SMILES string of the molecule is CCN(C)CCn1cc(C)nc1NCCCOC. The highest BCUT2D eigenvalue weighted by atomic mass is 16.5. The first kappa shape index (κ1) is 15.0. The largest absolute Gasteiger partial charge is 0.385 e. The molecule has 0 radical (unpaired) electrons. The van der Waals surface area contributed by atoms with Gasteiger partial charge in [-0.1, -0.05) is 6.92 Å². The number of rotatable bonds is 9. The molecule has 1 aromatic rings. The molecule has 0 aliphatic heterocycles. The minimum Gasteiger partial charge on any atom is -0.385 e. The van der Waals surface area contributed by atoms with Crippen LogP contribution in [0, 0.1) is 6.92 Å². The van der Waals surface area contributed by atoms with Crippen molar-refractivity contribution in [1.82, 2.24) is 14.5 Å². The predicted molar refractivity (Wildman–Crippen MR) is 75.1 cm³/mol. The highest BCUT2D eigenvalue weighted by Crippen LogP contribution is 2.08. The van der Waals surface area contributed by atoms with Crippen molar-refractivity contribution in [3.05, 3.63) is 11.9 Å². The van der Waals surface area contributed by atoms with E-state index < -0.39 is 0 Å². The fourth-order valence-electron chi connectivity index (χ4n) is 1.71. The molecule has 0 saturated carbocycles. The van der Waals surface area contributed by atoms with Crippen LogP contribution >= 0.6 is 0 Å². The van der Waals surface area contributed by atoms with Crippen molar-refractivity contribution in [2.24, 2.45) is 0 Å². The standard InChI is InChI=1S/C13H26N4O/c1-5-16(3)8-9-17-11-12(2)15-13(17)14-7-6-10-18-4/h11H,5-10H2,1-4H3,(H,14,15). The Balaban J connectivity index is 2.45. The Morgan fingerprint density at radius 1 is 1.50 bits per heavy atom. The lowest BCUT2D eigenvalue weighted by Crippen LogP contribution is -2.23. The molecule has 0 aliphatic rings. The Hall–Kier alpha value is -1.07. The van der Waals surface area contributed by atoms with Gasteiger partial charge in [0, 0.05) is 39.5 Å². The molecule has 104 valence electrons. The predicted octanol–water partition coefficient (Wildman–Crippen LogP) is 1.59. The van der Waals surface area contributed by atoms with Gasteiger partial charge in [-0.25, -0.2) is 4.98 Å². The molecule has 0 bridgehead atoms. The van der Waals surface area contributed by atoms with Gasteiger partial charge in [-0.3, -0.25) is 0 Å². The quantitative estimate of drug-likeness (QED) is 0.680. The van der Waals surface area contributed by atoms with Crippen LogP contribution in [0.5, 0.6) is 0 Å². The average molecular weight is 254 g/mol. The molecule has 0 spiro atoms. The van der Waals surface area contributed by atoms with Crippen LogP contribution in [0.2, 0.25) is 0 Å². The third-order valence-electron chi connectivity index (χ3n) is 2.97. The van der Waals surface area contributed by atoms with E-state index in [-0.39, 0.29) is 0 Å². The number of ether oxygens (including phenoxy) is 1. The van der Waals surface area contributed by atoms with E-state index in [1.54, 1.807) is 7.11 Å². The Morgan fingerprint density at radius 3 is 2.94 bits per heavy atom. The molecule has 0 amide bonds. The van der Waals surface area contributed by atoms with Gasteiger partial charge in [0.2, 0.25) is 5.95 Å². The van der Waals surface area contributed by atoms with E-state index in [4.69, 9.17) is 4.74 Å². The van der Waals surface area contributed by atoms with Gasteiger partial charge >= 0.3 is 0 Å². The lowest BCUT2D eigenvalue weighted by Gasteiger charge is -2.15. The van der Waals surface area contributed by atoms with Gasteiger partial charge in [-0.05, 0) is 26.9 Å². The van der Waals surface area contributed by atoms with Gasteiger partial charge in [-0.15, -0.1) is 0 Å². The van der Waals surface area contributed by atoms with Crippen LogP contribution in [0.15, 0.2) is 6.20 Å². The lowest BCUT2D eigenvalue weighted by molar-refractivity contribution is 0.197. The van der Waals surface area contributed by atoms with E-state index in [2.05, 4.69) is 39.9 Å². The number of anilines is 1. The van der Waals surface area contributed by atoms with Crippen LogP contribution in [0.25, 0.3) is 0 Å². The number of nitrogens with zero attached hydrogens (tertiary/aromatic N) is 3. The Bertz CT molecular complexity index is 338. The fourth-order valence-corrected chi connectivity index (χ4v) is 1.71. The van der Waals surface area contributed by atoms with Gasteiger partial charge < -0.3 is 19.5 Å². The summed E-state index contributed by atoms with van der Waals surface area (Å²) in [7, 11) is 3.86. The number of imidazole rings is 1. The van der Waals surface area contributed by atoms with Crippen molar-refractivity contribution < 1.29 is 4.74 Å². The second-order valence-corrected chi connectivity index (χ2v) is 4.57.